The molecular weight excluding hydrogens is 158 g/mol. The third-order valence-electron chi connectivity index (χ3n) is 1.71. The van der Waals surface area contributed by atoms with Gasteiger partial charge in [-0.1, -0.05) is 6.92 Å². The Balaban J connectivity index is 3.43. The number of aliphatic hydroxyl groups is 2. The number of hydrogen-bond donors (Lipinski definition) is 3. The monoisotopic (exact) mass is 177 g/mol. The molecule has 74 valence electrons. The van der Waals surface area contributed by atoms with Crippen LogP contribution in [0.3, 0.4) is 0 Å². The molecule has 0 saturated carbocycles. The number of hydrogen-bond acceptors (Lipinski definition) is 4. The van der Waals surface area contributed by atoms with Gasteiger partial charge in [0.1, 0.15) is 0 Å². The first-order chi connectivity index (χ1) is 5.74. The van der Waals surface area contributed by atoms with Gasteiger partial charge in [0.05, 0.1) is 19.3 Å². The summed E-state index contributed by atoms with van der Waals surface area (Å²) in [6, 6.07) is 0.260. The van der Waals surface area contributed by atoms with Crippen molar-refractivity contribution in [2.45, 2.75) is 25.5 Å². The Bertz CT molecular complexity index is 100. The minimum atomic E-state index is -0.670. The van der Waals surface area contributed by atoms with Crippen molar-refractivity contribution in [1.82, 2.24) is 5.32 Å². The predicted molar refractivity (Wildman–Crippen MR) is 47.1 cm³/mol. The second-order valence-electron chi connectivity index (χ2n) is 2.81. The molecule has 3 N–H and O–H groups in total. The van der Waals surface area contributed by atoms with E-state index in [4.69, 9.17) is 14.9 Å². The minimum absolute atomic E-state index is 0.198. The van der Waals surface area contributed by atoms with Gasteiger partial charge in [-0.2, -0.15) is 0 Å². The molecule has 0 aliphatic heterocycles. The lowest BCUT2D eigenvalue weighted by atomic mass is 10.2. The summed E-state index contributed by atoms with van der Waals surface area (Å²) >= 11 is 0. The molecule has 0 bridgehead atoms. The fourth-order valence-corrected chi connectivity index (χ4v) is 0.890. The summed E-state index contributed by atoms with van der Waals surface area (Å²) in [5, 5.41) is 20.6. The van der Waals surface area contributed by atoms with Crippen LogP contribution >= 0.6 is 0 Å². The molecule has 0 amide bonds. The van der Waals surface area contributed by atoms with Crippen molar-refractivity contribution < 1.29 is 14.9 Å². The molecule has 0 fully saturated rings. The molecule has 4 nitrogen and oxygen atoms in total. The normalized spacial score (nSPS) is 16.0. The average molecular weight is 177 g/mol. The molecule has 12 heavy (non-hydrogen) atoms. The van der Waals surface area contributed by atoms with Crippen LogP contribution < -0.4 is 5.32 Å². The van der Waals surface area contributed by atoms with Crippen LogP contribution in [-0.2, 0) is 4.74 Å². The van der Waals surface area contributed by atoms with Gasteiger partial charge in [-0.15, -0.1) is 0 Å². The average Bonchev–Trinajstić information content (AvgIpc) is 2.11. The summed E-state index contributed by atoms with van der Waals surface area (Å²) in [4.78, 5) is 0. The highest BCUT2D eigenvalue weighted by Crippen LogP contribution is 1.91. The molecule has 0 spiro atoms. The van der Waals surface area contributed by atoms with E-state index >= 15 is 0 Å². The molecule has 0 aromatic carbocycles. The van der Waals surface area contributed by atoms with Crippen LogP contribution in [0.2, 0.25) is 0 Å². The number of aliphatic hydroxyl groups excluding tert-OH is 2. The van der Waals surface area contributed by atoms with E-state index in [-0.39, 0.29) is 12.6 Å². The van der Waals surface area contributed by atoms with Crippen molar-refractivity contribution in [3.05, 3.63) is 0 Å². The zero-order chi connectivity index (χ0) is 9.40. The second kappa shape index (κ2) is 7.49. The van der Waals surface area contributed by atoms with Crippen LogP contribution in [-0.4, -0.2) is 49.2 Å². The molecule has 0 radical (unpaired) electrons. The maximum atomic E-state index is 9.02. The first-order valence-corrected chi connectivity index (χ1v) is 4.25. The van der Waals surface area contributed by atoms with Crippen LogP contribution in [0.1, 0.15) is 13.3 Å². The van der Waals surface area contributed by atoms with E-state index in [0.29, 0.717) is 13.2 Å². The van der Waals surface area contributed by atoms with Gasteiger partial charge in [-0.05, 0) is 6.42 Å². The number of rotatable bonds is 7. The van der Waals surface area contributed by atoms with Crippen LogP contribution in [0.5, 0.6) is 0 Å². The standard InChI is InChI=1S/C8H19NO3/c1-3-7(6-12-2)9-4-8(11)5-10/h7-11H,3-6H2,1-2H3. The fraction of sp³-hybridized carbons (Fsp3) is 1.00. The lowest BCUT2D eigenvalue weighted by Crippen LogP contribution is -2.39. The Morgan fingerprint density at radius 3 is 2.58 bits per heavy atom. The topological polar surface area (TPSA) is 61.7 Å². The molecule has 0 saturated heterocycles. The molecule has 0 aliphatic rings. The van der Waals surface area contributed by atoms with E-state index in [1.165, 1.54) is 0 Å². The van der Waals surface area contributed by atoms with E-state index in [1.54, 1.807) is 7.11 Å². The highest BCUT2D eigenvalue weighted by atomic mass is 16.5. The Morgan fingerprint density at radius 2 is 2.17 bits per heavy atom. The van der Waals surface area contributed by atoms with Gasteiger partial charge < -0.3 is 20.3 Å². The summed E-state index contributed by atoms with van der Waals surface area (Å²) in [5.74, 6) is 0. The molecule has 0 aromatic heterocycles. The third kappa shape index (κ3) is 5.49. The van der Waals surface area contributed by atoms with Crippen LogP contribution in [0, 0.1) is 0 Å². The molecule has 0 rings (SSSR count). The predicted octanol–water partition coefficient (Wildman–Crippen LogP) is -0.646. The molecular formula is C8H19NO3. The Labute approximate surface area is 73.5 Å². The van der Waals surface area contributed by atoms with Gasteiger partial charge in [0.2, 0.25) is 0 Å². The smallest absolute Gasteiger partial charge is 0.0895 e. The van der Waals surface area contributed by atoms with Crippen molar-refractivity contribution in [1.29, 1.82) is 0 Å². The first-order valence-electron chi connectivity index (χ1n) is 4.25. The van der Waals surface area contributed by atoms with Gasteiger partial charge in [0.25, 0.3) is 0 Å². The fourth-order valence-electron chi connectivity index (χ4n) is 0.890. The molecule has 2 unspecified atom stereocenters. The van der Waals surface area contributed by atoms with E-state index < -0.39 is 6.10 Å². The molecule has 0 heterocycles. The van der Waals surface area contributed by atoms with Crippen LogP contribution in [0.15, 0.2) is 0 Å². The summed E-state index contributed by atoms with van der Waals surface area (Å²) in [6.07, 6.45) is 0.280. The molecule has 0 aliphatic carbocycles. The maximum absolute atomic E-state index is 9.02. The number of ether oxygens (including phenoxy) is 1. The Morgan fingerprint density at radius 1 is 1.50 bits per heavy atom. The van der Waals surface area contributed by atoms with Gasteiger partial charge in [-0.3, -0.25) is 0 Å². The first kappa shape index (κ1) is 11.8. The summed E-state index contributed by atoms with van der Waals surface area (Å²) < 4.78 is 4.95. The second-order valence-corrected chi connectivity index (χ2v) is 2.81. The van der Waals surface area contributed by atoms with Crippen molar-refractivity contribution in [3.63, 3.8) is 0 Å². The third-order valence-corrected chi connectivity index (χ3v) is 1.71. The number of methoxy groups -OCH3 is 1. The zero-order valence-corrected chi connectivity index (χ0v) is 7.79. The van der Waals surface area contributed by atoms with E-state index in [1.807, 2.05) is 6.92 Å². The van der Waals surface area contributed by atoms with Crippen LogP contribution in [0.4, 0.5) is 0 Å². The van der Waals surface area contributed by atoms with Crippen LogP contribution in [0.25, 0.3) is 0 Å². The van der Waals surface area contributed by atoms with Gasteiger partial charge in [0, 0.05) is 19.7 Å². The van der Waals surface area contributed by atoms with Crippen molar-refractivity contribution in [2.24, 2.45) is 0 Å². The van der Waals surface area contributed by atoms with Crippen molar-refractivity contribution in [3.8, 4) is 0 Å². The SMILES string of the molecule is CCC(COC)NCC(O)CO. The van der Waals surface area contributed by atoms with Crippen molar-refractivity contribution in [2.75, 3.05) is 26.9 Å². The molecule has 4 heteroatoms. The number of nitrogens with one attached hydrogen (secondary N) is 1. The van der Waals surface area contributed by atoms with E-state index in [0.717, 1.165) is 6.42 Å². The summed E-state index contributed by atoms with van der Waals surface area (Å²) in [6.45, 7) is 2.89. The zero-order valence-electron chi connectivity index (χ0n) is 7.79. The minimum Gasteiger partial charge on any atom is -0.394 e. The van der Waals surface area contributed by atoms with E-state index in [2.05, 4.69) is 5.32 Å². The lowest BCUT2D eigenvalue weighted by molar-refractivity contribution is 0.0853. The maximum Gasteiger partial charge on any atom is 0.0895 e. The van der Waals surface area contributed by atoms with Gasteiger partial charge in [-0.25, -0.2) is 0 Å². The molecule has 0 aromatic rings. The van der Waals surface area contributed by atoms with Gasteiger partial charge in [0.15, 0.2) is 0 Å². The Hall–Kier alpha value is -0.160. The van der Waals surface area contributed by atoms with Gasteiger partial charge >= 0.3 is 0 Å². The quantitative estimate of drug-likeness (QED) is 0.484. The summed E-state index contributed by atoms with van der Waals surface area (Å²) in [5.41, 5.74) is 0. The molecule has 2 atom stereocenters. The van der Waals surface area contributed by atoms with Crippen molar-refractivity contribution >= 4 is 0 Å². The summed E-state index contributed by atoms with van der Waals surface area (Å²) in [7, 11) is 1.65. The largest absolute Gasteiger partial charge is 0.394 e. The van der Waals surface area contributed by atoms with E-state index in [9.17, 15) is 0 Å². The Kier molecular flexibility index (Phi) is 7.39. The lowest BCUT2D eigenvalue weighted by Gasteiger charge is -2.17. The highest BCUT2D eigenvalue weighted by Gasteiger charge is 2.07. The highest BCUT2D eigenvalue weighted by molar-refractivity contribution is 4.66.